The first-order valence-corrected chi connectivity index (χ1v) is 7.29. The molecule has 0 amide bonds. The number of hydrogen-bond donors (Lipinski definition) is 1. The molecule has 1 aromatic rings. The van der Waals surface area contributed by atoms with Crippen molar-refractivity contribution in [2.75, 3.05) is 6.54 Å². The van der Waals surface area contributed by atoms with Gasteiger partial charge in [-0.1, -0.05) is 13.0 Å². The van der Waals surface area contributed by atoms with Crippen LogP contribution in [0, 0.1) is 5.82 Å². The Bertz CT molecular complexity index is 515. The molecular weight excluding hydrogens is 255 g/mol. The zero-order valence-corrected chi connectivity index (χ0v) is 11.7. The number of hydrogen-bond acceptors (Lipinski definition) is 3. The van der Waals surface area contributed by atoms with E-state index in [0.717, 1.165) is 6.07 Å². The van der Waals surface area contributed by atoms with Crippen LogP contribution in [0.5, 0.6) is 0 Å². The van der Waals surface area contributed by atoms with E-state index >= 15 is 0 Å². The van der Waals surface area contributed by atoms with Crippen molar-refractivity contribution in [3.8, 4) is 0 Å². The van der Waals surface area contributed by atoms with Crippen LogP contribution >= 0.6 is 0 Å². The zero-order valence-electron chi connectivity index (χ0n) is 10.9. The monoisotopic (exact) mass is 274 g/mol. The number of benzene rings is 1. The molecule has 0 bridgehead atoms. The molecule has 0 saturated heterocycles. The lowest BCUT2D eigenvalue weighted by Crippen LogP contribution is -2.37. The molecule has 0 aromatic heterocycles. The van der Waals surface area contributed by atoms with Gasteiger partial charge in [0.1, 0.15) is 10.7 Å². The highest BCUT2D eigenvalue weighted by atomic mass is 32.2. The highest BCUT2D eigenvalue weighted by Gasteiger charge is 2.28. The first-order valence-electron chi connectivity index (χ1n) is 5.85. The van der Waals surface area contributed by atoms with Gasteiger partial charge in [-0.2, -0.15) is 4.31 Å². The minimum atomic E-state index is -3.81. The van der Waals surface area contributed by atoms with E-state index < -0.39 is 15.8 Å². The molecule has 0 aliphatic heterocycles. The van der Waals surface area contributed by atoms with Crippen LogP contribution in [0.4, 0.5) is 4.39 Å². The maximum absolute atomic E-state index is 13.7. The highest BCUT2D eigenvalue weighted by molar-refractivity contribution is 7.89. The Morgan fingerprint density at radius 3 is 2.44 bits per heavy atom. The Kier molecular flexibility index (Phi) is 4.84. The van der Waals surface area contributed by atoms with Gasteiger partial charge in [-0.15, -0.1) is 0 Å². The predicted molar refractivity (Wildman–Crippen MR) is 69.0 cm³/mol. The van der Waals surface area contributed by atoms with Gasteiger partial charge in [0.05, 0.1) is 0 Å². The highest BCUT2D eigenvalue weighted by Crippen LogP contribution is 2.22. The molecule has 0 atom stereocenters. The lowest BCUT2D eigenvalue weighted by Gasteiger charge is -2.24. The van der Waals surface area contributed by atoms with Crippen LogP contribution in [0.15, 0.2) is 23.1 Å². The van der Waals surface area contributed by atoms with Gasteiger partial charge in [0, 0.05) is 19.1 Å². The Hall–Kier alpha value is -0.980. The molecule has 0 aliphatic carbocycles. The van der Waals surface area contributed by atoms with Crippen molar-refractivity contribution in [2.24, 2.45) is 5.73 Å². The number of sulfonamides is 1. The van der Waals surface area contributed by atoms with Crippen LogP contribution in [0.25, 0.3) is 0 Å². The first-order chi connectivity index (χ1) is 8.34. The summed E-state index contributed by atoms with van der Waals surface area (Å²) in [6.07, 6.45) is 0. The van der Waals surface area contributed by atoms with Crippen LogP contribution in [0.2, 0.25) is 0 Å². The van der Waals surface area contributed by atoms with Crippen molar-refractivity contribution < 1.29 is 12.8 Å². The predicted octanol–water partition coefficient (Wildman–Crippen LogP) is 1.70. The standard InChI is InChI=1S/C12H19FN2O2S/c1-4-15(9(2)3)18(16,17)12-7-10(8-14)5-6-11(12)13/h5-7,9H,4,8,14H2,1-3H3. The van der Waals surface area contributed by atoms with Gasteiger partial charge in [-0.3, -0.25) is 0 Å². The van der Waals surface area contributed by atoms with E-state index in [1.807, 2.05) is 0 Å². The Labute approximate surface area is 108 Å². The molecule has 6 heteroatoms. The fourth-order valence-electron chi connectivity index (χ4n) is 1.81. The van der Waals surface area contributed by atoms with Crippen molar-refractivity contribution in [1.82, 2.24) is 4.31 Å². The number of nitrogens with zero attached hydrogens (tertiary/aromatic N) is 1. The van der Waals surface area contributed by atoms with Gasteiger partial charge in [-0.25, -0.2) is 12.8 Å². The van der Waals surface area contributed by atoms with E-state index in [4.69, 9.17) is 5.73 Å². The van der Waals surface area contributed by atoms with E-state index in [-0.39, 0.29) is 17.5 Å². The van der Waals surface area contributed by atoms with Crippen molar-refractivity contribution >= 4 is 10.0 Å². The fourth-order valence-corrected chi connectivity index (χ4v) is 3.57. The van der Waals surface area contributed by atoms with Crippen LogP contribution in [-0.2, 0) is 16.6 Å². The normalized spacial score (nSPS) is 12.4. The van der Waals surface area contributed by atoms with Crippen LogP contribution in [0.1, 0.15) is 26.3 Å². The van der Waals surface area contributed by atoms with Crippen LogP contribution in [0.3, 0.4) is 0 Å². The maximum atomic E-state index is 13.7. The molecular formula is C12H19FN2O2S. The largest absolute Gasteiger partial charge is 0.326 e. The van der Waals surface area contributed by atoms with E-state index in [1.54, 1.807) is 20.8 Å². The number of rotatable bonds is 5. The number of halogens is 1. The van der Waals surface area contributed by atoms with E-state index in [0.29, 0.717) is 12.1 Å². The topological polar surface area (TPSA) is 63.4 Å². The smallest absolute Gasteiger partial charge is 0.246 e. The summed E-state index contributed by atoms with van der Waals surface area (Å²) in [6.45, 7) is 5.71. The molecule has 1 aromatic carbocycles. The Morgan fingerprint density at radius 2 is 2.00 bits per heavy atom. The zero-order chi connectivity index (χ0) is 13.9. The molecule has 4 nitrogen and oxygen atoms in total. The van der Waals surface area contributed by atoms with Gasteiger partial charge in [-0.05, 0) is 31.5 Å². The van der Waals surface area contributed by atoms with E-state index in [9.17, 15) is 12.8 Å². The van der Waals surface area contributed by atoms with Crippen molar-refractivity contribution in [2.45, 2.75) is 38.3 Å². The molecule has 0 fully saturated rings. The summed E-state index contributed by atoms with van der Waals surface area (Å²) >= 11 is 0. The average Bonchev–Trinajstić information content (AvgIpc) is 2.29. The molecule has 1 rings (SSSR count). The molecule has 0 saturated carbocycles. The summed E-state index contributed by atoms with van der Waals surface area (Å²) in [5.74, 6) is -0.744. The lowest BCUT2D eigenvalue weighted by molar-refractivity contribution is 0.367. The van der Waals surface area contributed by atoms with E-state index in [2.05, 4.69) is 0 Å². The molecule has 18 heavy (non-hydrogen) atoms. The van der Waals surface area contributed by atoms with Crippen LogP contribution < -0.4 is 5.73 Å². The van der Waals surface area contributed by atoms with Gasteiger partial charge in [0.15, 0.2) is 0 Å². The first kappa shape index (κ1) is 15.1. The summed E-state index contributed by atoms with van der Waals surface area (Å²) in [7, 11) is -3.81. The number of nitrogens with two attached hydrogens (primary N) is 1. The van der Waals surface area contributed by atoms with Gasteiger partial charge < -0.3 is 5.73 Å². The maximum Gasteiger partial charge on any atom is 0.246 e. The third kappa shape index (κ3) is 2.88. The average molecular weight is 274 g/mol. The summed E-state index contributed by atoms with van der Waals surface area (Å²) in [4.78, 5) is -0.305. The third-order valence-corrected chi connectivity index (χ3v) is 4.87. The van der Waals surface area contributed by atoms with Crippen LogP contribution in [-0.4, -0.2) is 25.3 Å². The van der Waals surface area contributed by atoms with E-state index in [1.165, 1.54) is 16.4 Å². The SMILES string of the molecule is CCN(C(C)C)S(=O)(=O)c1cc(CN)ccc1F. The summed E-state index contributed by atoms with van der Waals surface area (Å²) in [6, 6.07) is 3.71. The second kappa shape index (κ2) is 5.77. The minimum Gasteiger partial charge on any atom is -0.326 e. The molecule has 0 unspecified atom stereocenters. The van der Waals surface area contributed by atoms with Crippen molar-refractivity contribution in [3.05, 3.63) is 29.6 Å². The Balaban J connectivity index is 3.35. The molecule has 0 aliphatic rings. The molecule has 0 spiro atoms. The minimum absolute atomic E-state index is 0.177. The van der Waals surface area contributed by atoms with Gasteiger partial charge >= 0.3 is 0 Å². The second-order valence-electron chi connectivity index (χ2n) is 4.27. The Morgan fingerprint density at radius 1 is 1.39 bits per heavy atom. The lowest BCUT2D eigenvalue weighted by atomic mass is 10.2. The summed E-state index contributed by atoms with van der Waals surface area (Å²) < 4.78 is 39.6. The quantitative estimate of drug-likeness (QED) is 0.889. The van der Waals surface area contributed by atoms with Crippen molar-refractivity contribution in [3.63, 3.8) is 0 Å². The molecule has 0 heterocycles. The molecule has 102 valence electrons. The summed E-state index contributed by atoms with van der Waals surface area (Å²) in [5, 5.41) is 0. The molecule has 0 radical (unpaired) electrons. The third-order valence-electron chi connectivity index (χ3n) is 2.71. The van der Waals surface area contributed by atoms with Gasteiger partial charge in [0.2, 0.25) is 10.0 Å². The van der Waals surface area contributed by atoms with Crippen molar-refractivity contribution in [1.29, 1.82) is 0 Å². The fraction of sp³-hybridized carbons (Fsp3) is 0.500. The van der Waals surface area contributed by atoms with Gasteiger partial charge in [0.25, 0.3) is 0 Å². The summed E-state index contributed by atoms with van der Waals surface area (Å²) in [5.41, 5.74) is 6.04. The molecule has 2 N–H and O–H groups in total. The second-order valence-corrected chi connectivity index (χ2v) is 6.13.